The third-order valence-electron chi connectivity index (χ3n) is 3.04. The van der Waals surface area contributed by atoms with Crippen LogP contribution in [-0.2, 0) is 23.1 Å². The van der Waals surface area contributed by atoms with E-state index in [-0.39, 0.29) is 5.97 Å². The molecule has 1 atom stereocenters. The summed E-state index contributed by atoms with van der Waals surface area (Å²) >= 11 is 0. The normalized spacial score (nSPS) is 12.8. The number of aryl methyl sites for hydroxylation is 1. The van der Waals surface area contributed by atoms with Gasteiger partial charge < -0.3 is 9.30 Å². The van der Waals surface area contributed by atoms with E-state index in [1.165, 1.54) is 7.11 Å². The van der Waals surface area contributed by atoms with Crippen LogP contribution in [-0.4, -0.2) is 40.1 Å². The Morgan fingerprint density at radius 3 is 2.82 bits per heavy atom. The molecule has 0 fully saturated rings. The molecule has 0 saturated heterocycles. The lowest BCUT2D eigenvalue weighted by Crippen LogP contribution is -2.37. The first-order valence-electron chi connectivity index (χ1n) is 5.85. The zero-order valence-corrected chi connectivity index (χ0v) is 11.0. The Hall–Kier alpha value is -1.36. The molecule has 5 heteroatoms. The number of hydrogen-bond donors (Lipinski definition) is 0. The topological polar surface area (TPSA) is 47.4 Å². The number of carbonyl (C=O) groups excluding carboxylic acids is 1. The van der Waals surface area contributed by atoms with Gasteiger partial charge in [-0.15, -0.1) is 0 Å². The minimum Gasteiger partial charge on any atom is -0.468 e. The van der Waals surface area contributed by atoms with Crippen molar-refractivity contribution in [2.24, 2.45) is 7.05 Å². The van der Waals surface area contributed by atoms with Gasteiger partial charge in [0.15, 0.2) is 0 Å². The average Bonchev–Trinajstić information content (AvgIpc) is 2.73. The first kappa shape index (κ1) is 13.7. The molecule has 17 heavy (non-hydrogen) atoms. The summed E-state index contributed by atoms with van der Waals surface area (Å²) in [7, 11) is 3.37. The van der Waals surface area contributed by atoms with Gasteiger partial charge in [0.1, 0.15) is 5.82 Å². The van der Waals surface area contributed by atoms with Crippen LogP contribution in [0.2, 0.25) is 0 Å². The molecule has 1 rings (SSSR count). The minimum atomic E-state index is -0.209. The van der Waals surface area contributed by atoms with Crippen LogP contribution in [0.4, 0.5) is 0 Å². The number of nitrogens with zero attached hydrogens (tertiary/aromatic N) is 3. The maximum absolute atomic E-state index is 11.4. The predicted molar refractivity (Wildman–Crippen MR) is 65.4 cm³/mol. The maximum Gasteiger partial charge on any atom is 0.319 e. The van der Waals surface area contributed by atoms with Gasteiger partial charge in [-0.05, 0) is 13.3 Å². The van der Waals surface area contributed by atoms with E-state index >= 15 is 0 Å². The number of aromatic nitrogens is 2. The first-order chi connectivity index (χ1) is 8.08. The average molecular weight is 239 g/mol. The molecule has 0 aliphatic rings. The summed E-state index contributed by atoms with van der Waals surface area (Å²) in [5.74, 6) is 0.744. The molecule has 0 N–H and O–H groups in total. The van der Waals surface area contributed by atoms with E-state index in [1.807, 2.05) is 17.8 Å². The lowest BCUT2D eigenvalue weighted by atomic mass is 10.2. The Balaban J connectivity index is 2.70. The highest BCUT2D eigenvalue weighted by Crippen LogP contribution is 2.09. The lowest BCUT2D eigenvalue weighted by molar-refractivity contribution is -0.142. The molecular weight excluding hydrogens is 218 g/mol. The number of ether oxygens (including phenoxy) is 1. The molecule has 0 spiro atoms. The largest absolute Gasteiger partial charge is 0.468 e. The molecule has 1 aromatic rings. The Bertz CT molecular complexity index is 362. The van der Waals surface area contributed by atoms with Crippen molar-refractivity contribution in [2.45, 2.75) is 32.9 Å². The van der Waals surface area contributed by atoms with Gasteiger partial charge in [0.25, 0.3) is 0 Å². The van der Waals surface area contributed by atoms with Gasteiger partial charge >= 0.3 is 5.97 Å². The third-order valence-corrected chi connectivity index (χ3v) is 3.04. The molecule has 5 nitrogen and oxygen atoms in total. The van der Waals surface area contributed by atoms with Crippen LogP contribution in [0, 0.1) is 0 Å². The fourth-order valence-electron chi connectivity index (χ4n) is 1.59. The second kappa shape index (κ2) is 6.39. The van der Waals surface area contributed by atoms with Gasteiger partial charge in [-0.2, -0.15) is 0 Å². The summed E-state index contributed by atoms with van der Waals surface area (Å²) in [6.07, 6.45) is 4.66. The standard InChI is InChI=1S/C12H21N3O2/c1-5-10(2)15(9-12(16)17-4)8-11-13-6-7-14(11)3/h6-7,10H,5,8-9H2,1-4H3. The monoisotopic (exact) mass is 239 g/mol. The van der Waals surface area contributed by atoms with E-state index in [9.17, 15) is 4.79 Å². The van der Waals surface area contributed by atoms with E-state index in [4.69, 9.17) is 4.74 Å². The molecule has 0 saturated carbocycles. The second-order valence-corrected chi connectivity index (χ2v) is 4.19. The lowest BCUT2D eigenvalue weighted by Gasteiger charge is -2.26. The van der Waals surface area contributed by atoms with E-state index in [1.54, 1.807) is 6.20 Å². The van der Waals surface area contributed by atoms with Crippen molar-refractivity contribution in [1.29, 1.82) is 0 Å². The van der Waals surface area contributed by atoms with Crippen molar-refractivity contribution in [1.82, 2.24) is 14.5 Å². The molecule has 1 aromatic heterocycles. The van der Waals surface area contributed by atoms with E-state index in [2.05, 4.69) is 23.7 Å². The van der Waals surface area contributed by atoms with Gasteiger partial charge in [0, 0.05) is 25.5 Å². The van der Waals surface area contributed by atoms with Gasteiger partial charge in [0.05, 0.1) is 20.2 Å². The summed E-state index contributed by atoms with van der Waals surface area (Å²) in [6, 6.07) is 0.325. The van der Waals surface area contributed by atoms with E-state index in [0.717, 1.165) is 12.2 Å². The van der Waals surface area contributed by atoms with Crippen LogP contribution >= 0.6 is 0 Å². The molecule has 0 amide bonds. The zero-order chi connectivity index (χ0) is 12.8. The molecule has 0 bridgehead atoms. The summed E-state index contributed by atoms with van der Waals surface area (Å²) in [5, 5.41) is 0. The van der Waals surface area contributed by atoms with Crippen LogP contribution in [0.1, 0.15) is 26.1 Å². The summed E-state index contributed by atoms with van der Waals surface area (Å²) < 4.78 is 6.68. The number of carbonyl (C=O) groups is 1. The van der Waals surface area contributed by atoms with Crippen molar-refractivity contribution >= 4 is 5.97 Å². The van der Waals surface area contributed by atoms with E-state index < -0.39 is 0 Å². The highest BCUT2D eigenvalue weighted by Gasteiger charge is 2.18. The molecule has 0 aromatic carbocycles. The zero-order valence-electron chi connectivity index (χ0n) is 11.0. The molecule has 0 aliphatic carbocycles. The van der Waals surface area contributed by atoms with Gasteiger partial charge in [-0.1, -0.05) is 6.92 Å². The summed E-state index contributed by atoms with van der Waals surface area (Å²) in [6.45, 7) is 5.17. The quantitative estimate of drug-likeness (QED) is 0.700. The molecule has 0 aliphatic heterocycles. The number of imidazole rings is 1. The highest BCUT2D eigenvalue weighted by atomic mass is 16.5. The Morgan fingerprint density at radius 2 is 2.35 bits per heavy atom. The minimum absolute atomic E-state index is 0.209. The fourth-order valence-corrected chi connectivity index (χ4v) is 1.59. The van der Waals surface area contributed by atoms with Crippen LogP contribution < -0.4 is 0 Å². The number of esters is 1. The maximum atomic E-state index is 11.4. The van der Waals surface area contributed by atoms with Crippen molar-refractivity contribution in [2.75, 3.05) is 13.7 Å². The van der Waals surface area contributed by atoms with Crippen molar-refractivity contribution in [3.8, 4) is 0 Å². The molecule has 96 valence electrons. The van der Waals surface area contributed by atoms with Gasteiger partial charge in [0.2, 0.25) is 0 Å². The summed E-state index contributed by atoms with van der Waals surface area (Å²) in [5.41, 5.74) is 0. The molecule has 0 radical (unpaired) electrons. The van der Waals surface area contributed by atoms with Crippen LogP contribution in [0.5, 0.6) is 0 Å². The fraction of sp³-hybridized carbons (Fsp3) is 0.667. The molecular formula is C12H21N3O2. The van der Waals surface area contributed by atoms with Crippen LogP contribution in [0.3, 0.4) is 0 Å². The Morgan fingerprint density at radius 1 is 1.65 bits per heavy atom. The predicted octanol–water partition coefficient (Wildman–Crippen LogP) is 1.19. The number of hydrogen-bond acceptors (Lipinski definition) is 4. The Kier molecular flexibility index (Phi) is 5.15. The second-order valence-electron chi connectivity index (χ2n) is 4.19. The van der Waals surface area contributed by atoms with Crippen molar-refractivity contribution in [3.63, 3.8) is 0 Å². The summed E-state index contributed by atoms with van der Waals surface area (Å²) in [4.78, 5) is 17.7. The van der Waals surface area contributed by atoms with Gasteiger partial charge in [-0.25, -0.2) is 4.98 Å². The number of rotatable bonds is 6. The van der Waals surface area contributed by atoms with Crippen molar-refractivity contribution in [3.05, 3.63) is 18.2 Å². The van der Waals surface area contributed by atoms with Crippen LogP contribution in [0.25, 0.3) is 0 Å². The van der Waals surface area contributed by atoms with Crippen LogP contribution in [0.15, 0.2) is 12.4 Å². The first-order valence-corrected chi connectivity index (χ1v) is 5.85. The number of methoxy groups -OCH3 is 1. The van der Waals surface area contributed by atoms with E-state index in [0.29, 0.717) is 19.1 Å². The third kappa shape index (κ3) is 3.85. The Labute approximate surface area is 102 Å². The molecule has 1 heterocycles. The molecule has 1 unspecified atom stereocenters. The van der Waals surface area contributed by atoms with Crippen molar-refractivity contribution < 1.29 is 9.53 Å². The van der Waals surface area contributed by atoms with Gasteiger partial charge in [-0.3, -0.25) is 9.69 Å². The SMILES string of the molecule is CCC(C)N(CC(=O)OC)Cc1nccn1C. The smallest absolute Gasteiger partial charge is 0.319 e. The highest BCUT2D eigenvalue weighted by molar-refractivity contribution is 5.71.